The molecule has 4 heteroatoms. The topological polar surface area (TPSA) is 34.1 Å². The molecule has 12 heavy (non-hydrogen) atoms. The lowest BCUT2D eigenvalue weighted by molar-refractivity contribution is 0.180. The van der Waals surface area contributed by atoms with Crippen LogP contribution in [0.2, 0.25) is 0 Å². The zero-order valence-electron chi connectivity index (χ0n) is 7.51. The molecular formula is C8H15FO2S. The molecule has 1 aliphatic heterocycles. The van der Waals surface area contributed by atoms with Crippen LogP contribution < -0.4 is 0 Å². The van der Waals surface area contributed by atoms with Crippen molar-refractivity contribution in [2.75, 3.05) is 11.5 Å². The summed E-state index contributed by atoms with van der Waals surface area (Å²) in [4.78, 5) is 0. The molecule has 1 heterocycles. The summed E-state index contributed by atoms with van der Waals surface area (Å²) in [7, 11) is -3.13. The largest absolute Gasteiger partial charge is 0.243 e. The Morgan fingerprint density at radius 2 is 2.08 bits per heavy atom. The van der Waals surface area contributed by atoms with Gasteiger partial charge in [0.2, 0.25) is 0 Å². The fraction of sp³-hybridized carbons (Fsp3) is 1.00. The van der Waals surface area contributed by atoms with Crippen LogP contribution in [0.1, 0.15) is 26.7 Å². The summed E-state index contributed by atoms with van der Waals surface area (Å²) in [6.07, 6.45) is 0.966. The van der Waals surface area contributed by atoms with Gasteiger partial charge in [-0.25, -0.2) is 12.8 Å². The van der Waals surface area contributed by atoms with Crippen LogP contribution in [0, 0.1) is 5.92 Å². The molecule has 2 unspecified atom stereocenters. The molecule has 72 valence electrons. The summed E-state index contributed by atoms with van der Waals surface area (Å²) >= 11 is 0. The molecule has 0 saturated carbocycles. The Morgan fingerprint density at radius 3 is 2.67 bits per heavy atom. The molecule has 0 amide bonds. The van der Waals surface area contributed by atoms with Crippen molar-refractivity contribution in [1.82, 2.24) is 0 Å². The maximum atomic E-state index is 13.5. The number of halogens is 1. The van der Waals surface area contributed by atoms with Crippen molar-refractivity contribution in [2.45, 2.75) is 32.4 Å². The minimum absolute atomic E-state index is 0.147. The van der Waals surface area contributed by atoms with Crippen molar-refractivity contribution in [3.63, 3.8) is 0 Å². The normalized spacial score (nSPS) is 42.1. The van der Waals surface area contributed by atoms with Crippen molar-refractivity contribution < 1.29 is 12.8 Å². The summed E-state index contributed by atoms with van der Waals surface area (Å²) in [5.74, 6) is 0.0233. The van der Waals surface area contributed by atoms with Gasteiger partial charge in [0, 0.05) is 0 Å². The predicted molar refractivity (Wildman–Crippen MR) is 46.6 cm³/mol. The van der Waals surface area contributed by atoms with E-state index in [0.29, 0.717) is 12.8 Å². The fourth-order valence-electron chi connectivity index (χ4n) is 1.80. The lowest BCUT2D eigenvalue weighted by atomic mass is 9.95. The van der Waals surface area contributed by atoms with E-state index in [1.165, 1.54) is 6.92 Å². The first-order valence-corrected chi connectivity index (χ1v) is 6.02. The number of hydrogen-bond donors (Lipinski definition) is 0. The standard InChI is InChI=1S/C8H15FO2S/c1-7-3-4-12(10,11)6-8(2,9)5-7/h7H,3-6H2,1-2H3. The van der Waals surface area contributed by atoms with E-state index < -0.39 is 15.5 Å². The summed E-state index contributed by atoms with van der Waals surface area (Å²) in [6.45, 7) is 3.28. The first-order valence-electron chi connectivity index (χ1n) is 4.20. The minimum atomic E-state index is -3.13. The Balaban J connectivity index is 2.84. The molecule has 0 N–H and O–H groups in total. The van der Waals surface area contributed by atoms with Gasteiger partial charge < -0.3 is 0 Å². The monoisotopic (exact) mass is 194 g/mol. The molecule has 0 bridgehead atoms. The average Bonchev–Trinajstić information content (AvgIpc) is 1.86. The van der Waals surface area contributed by atoms with Gasteiger partial charge in [-0.15, -0.1) is 0 Å². The van der Waals surface area contributed by atoms with Gasteiger partial charge in [-0.1, -0.05) is 6.92 Å². The van der Waals surface area contributed by atoms with Gasteiger partial charge in [-0.2, -0.15) is 0 Å². The van der Waals surface area contributed by atoms with Crippen LogP contribution in [-0.2, 0) is 9.84 Å². The van der Waals surface area contributed by atoms with E-state index in [-0.39, 0.29) is 17.4 Å². The van der Waals surface area contributed by atoms with E-state index in [1.54, 1.807) is 0 Å². The average molecular weight is 194 g/mol. The third kappa shape index (κ3) is 2.73. The minimum Gasteiger partial charge on any atom is -0.243 e. The highest BCUT2D eigenvalue weighted by Crippen LogP contribution is 2.29. The lowest BCUT2D eigenvalue weighted by Gasteiger charge is -2.18. The number of sulfone groups is 1. The van der Waals surface area contributed by atoms with Crippen LogP contribution in [-0.4, -0.2) is 25.6 Å². The van der Waals surface area contributed by atoms with Gasteiger partial charge in [0.1, 0.15) is 5.67 Å². The molecule has 0 spiro atoms. The third-order valence-corrected chi connectivity index (χ3v) is 4.12. The van der Waals surface area contributed by atoms with E-state index in [0.717, 1.165) is 0 Å². The van der Waals surface area contributed by atoms with Gasteiger partial charge >= 0.3 is 0 Å². The van der Waals surface area contributed by atoms with E-state index in [4.69, 9.17) is 0 Å². The zero-order valence-corrected chi connectivity index (χ0v) is 8.32. The van der Waals surface area contributed by atoms with Crippen LogP contribution in [0.15, 0.2) is 0 Å². The van der Waals surface area contributed by atoms with E-state index in [2.05, 4.69) is 0 Å². The van der Waals surface area contributed by atoms with E-state index >= 15 is 0 Å². The molecule has 1 fully saturated rings. The van der Waals surface area contributed by atoms with Crippen LogP contribution in [0.25, 0.3) is 0 Å². The maximum absolute atomic E-state index is 13.5. The third-order valence-electron chi connectivity index (χ3n) is 2.22. The van der Waals surface area contributed by atoms with Crippen molar-refractivity contribution in [3.8, 4) is 0 Å². The van der Waals surface area contributed by atoms with Gasteiger partial charge in [0.25, 0.3) is 0 Å². The molecule has 1 aliphatic rings. The Labute approximate surface area is 73.1 Å². The number of alkyl halides is 1. The molecule has 0 radical (unpaired) electrons. The molecule has 0 aliphatic carbocycles. The van der Waals surface area contributed by atoms with Crippen LogP contribution in [0.3, 0.4) is 0 Å². The Bertz CT molecular complexity index is 256. The molecule has 1 saturated heterocycles. The highest BCUT2D eigenvalue weighted by atomic mass is 32.2. The summed E-state index contributed by atoms with van der Waals surface area (Å²) < 4.78 is 35.9. The number of rotatable bonds is 0. The van der Waals surface area contributed by atoms with Crippen molar-refractivity contribution in [1.29, 1.82) is 0 Å². The van der Waals surface area contributed by atoms with Crippen molar-refractivity contribution in [2.24, 2.45) is 5.92 Å². The Hall–Kier alpha value is -0.120. The second-order valence-electron chi connectivity index (χ2n) is 4.10. The van der Waals surface area contributed by atoms with Crippen molar-refractivity contribution >= 4 is 9.84 Å². The molecule has 2 nitrogen and oxygen atoms in total. The highest BCUT2D eigenvalue weighted by molar-refractivity contribution is 7.91. The van der Waals surface area contributed by atoms with Gasteiger partial charge in [0.05, 0.1) is 11.5 Å². The smallest absolute Gasteiger partial charge is 0.153 e. The molecule has 0 aromatic rings. The maximum Gasteiger partial charge on any atom is 0.153 e. The van der Waals surface area contributed by atoms with Gasteiger partial charge in [-0.05, 0) is 25.7 Å². The second kappa shape index (κ2) is 2.98. The van der Waals surface area contributed by atoms with Crippen LogP contribution in [0.4, 0.5) is 4.39 Å². The van der Waals surface area contributed by atoms with E-state index in [1.807, 2.05) is 6.92 Å². The van der Waals surface area contributed by atoms with Gasteiger partial charge in [0.15, 0.2) is 9.84 Å². The molecule has 0 aromatic carbocycles. The van der Waals surface area contributed by atoms with Crippen LogP contribution >= 0.6 is 0 Å². The Kier molecular flexibility index (Phi) is 2.47. The van der Waals surface area contributed by atoms with Crippen LogP contribution in [0.5, 0.6) is 0 Å². The fourth-order valence-corrected chi connectivity index (χ4v) is 3.74. The SMILES string of the molecule is CC1CCS(=O)(=O)CC(C)(F)C1. The van der Waals surface area contributed by atoms with Gasteiger partial charge in [-0.3, -0.25) is 0 Å². The van der Waals surface area contributed by atoms with E-state index in [9.17, 15) is 12.8 Å². The first kappa shape index (κ1) is 9.96. The predicted octanol–water partition coefficient (Wildman–Crippen LogP) is 1.56. The summed E-state index contributed by atoms with van der Waals surface area (Å²) in [5, 5.41) is 0. The Morgan fingerprint density at radius 1 is 1.50 bits per heavy atom. The number of hydrogen-bond acceptors (Lipinski definition) is 2. The summed E-state index contributed by atoms with van der Waals surface area (Å²) in [6, 6.07) is 0. The first-order chi connectivity index (χ1) is 5.31. The summed E-state index contributed by atoms with van der Waals surface area (Å²) in [5.41, 5.74) is -1.52. The molecular weight excluding hydrogens is 179 g/mol. The molecule has 1 rings (SSSR count). The second-order valence-corrected chi connectivity index (χ2v) is 6.29. The highest BCUT2D eigenvalue weighted by Gasteiger charge is 2.35. The lowest BCUT2D eigenvalue weighted by Crippen LogP contribution is -2.28. The zero-order chi connectivity index (χ0) is 9.41. The quantitative estimate of drug-likeness (QED) is 0.586. The molecule has 0 aromatic heterocycles. The molecule has 2 atom stereocenters. The van der Waals surface area contributed by atoms with Crippen molar-refractivity contribution in [3.05, 3.63) is 0 Å².